The van der Waals surface area contributed by atoms with Crippen LogP contribution >= 0.6 is 0 Å². The quantitative estimate of drug-likeness (QED) is 0.0199. The van der Waals surface area contributed by atoms with Gasteiger partial charge in [0.2, 0.25) is 5.91 Å². The second kappa shape index (κ2) is 52.3. The number of ether oxygens (including phenoxy) is 6. The van der Waals surface area contributed by atoms with Crippen molar-refractivity contribution in [3.8, 4) is 0 Å². The van der Waals surface area contributed by atoms with Crippen molar-refractivity contribution in [2.75, 3.05) is 26.4 Å². The molecule has 17 unspecified atom stereocenters. The molecule has 0 aliphatic carbocycles. The number of carbonyl (C=O) groups is 1. The van der Waals surface area contributed by atoms with Crippen LogP contribution in [-0.2, 0) is 33.2 Å². The molecule has 0 saturated carbocycles. The molecule has 3 saturated heterocycles. The smallest absolute Gasteiger partial charge is 0.220 e. The molecule has 0 aromatic rings. The Labute approximate surface area is 536 Å². The minimum absolute atomic E-state index is 0.228. The molecule has 12 N–H and O–H groups in total. The van der Waals surface area contributed by atoms with Crippen LogP contribution in [0.15, 0.2) is 36.5 Å². The number of aliphatic hydroxyl groups is 11. The normalized spacial score (nSPS) is 28.4. The monoisotopic (exact) mass is 1270 g/mol. The number of nitrogens with one attached hydrogen (secondary N) is 1. The third-order valence-corrected chi connectivity index (χ3v) is 17.9. The van der Waals surface area contributed by atoms with Gasteiger partial charge in [-0.3, -0.25) is 4.79 Å². The van der Waals surface area contributed by atoms with Crippen molar-refractivity contribution >= 4 is 5.91 Å². The van der Waals surface area contributed by atoms with Gasteiger partial charge in [-0.25, -0.2) is 0 Å². The summed E-state index contributed by atoms with van der Waals surface area (Å²) in [5, 5.41) is 120. The van der Waals surface area contributed by atoms with E-state index < -0.39 is 124 Å². The Bertz CT molecular complexity index is 1760. The third-order valence-electron chi connectivity index (χ3n) is 17.9. The molecule has 0 spiro atoms. The van der Waals surface area contributed by atoms with Crippen molar-refractivity contribution < 1.29 is 89.4 Å². The van der Waals surface area contributed by atoms with Gasteiger partial charge in [0.1, 0.15) is 73.2 Å². The number of allylic oxidation sites excluding steroid dienone is 5. The molecular weight excluding hydrogens is 1140 g/mol. The van der Waals surface area contributed by atoms with Crippen molar-refractivity contribution in [1.82, 2.24) is 5.32 Å². The molecule has 0 aromatic carbocycles. The van der Waals surface area contributed by atoms with Crippen molar-refractivity contribution in [2.45, 2.75) is 375 Å². The summed E-state index contributed by atoms with van der Waals surface area (Å²) in [5.74, 6) is -0.288. The van der Waals surface area contributed by atoms with Gasteiger partial charge in [-0.15, -0.1) is 0 Å². The van der Waals surface area contributed by atoms with E-state index in [-0.39, 0.29) is 18.9 Å². The van der Waals surface area contributed by atoms with Gasteiger partial charge in [0, 0.05) is 6.42 Å². The number of carbonyl (C=O) groups excluding carboxylic acids is 1. The lowest BCUT2D eigenvalue weighted by atomic mass is 9.96. The number of unbranched alkanes of at least 4 members (excludes halogenated alkanes) is 35. The van der Waals surface area contributed by atoms with Crippen molar-refractivity contribution in [3.05, 3.63) is 36.5 Å². The average molecular weight is 1270 g/mol. The zero-order valence-electron chi connectivity index (χ0n) is 55.2. The maximum Gasteiger partial charge on any atom is 0.220 e. The van der Waals surface area contributed by atoms with Gasteiger partial charge < -0.3 is 89.9 Å². The number of hydrogen-bond acceptors (Lipinski definition) is 18. The summed E-state index contributed by atoms with van der Waals surface area (Å²) >= 11 is 0. The first kappa shape index (κ1) is 81.2. The molecule has 3 aliphatic heterocycles. The van der Waals surface area contributed by atoms with Crippen molar-refractivity contribution in [2.24, 2.45) is 0 Å². The molecule has 89 heavy (non-hydrogen) atoms. The van der Waals surface area contributed by atoms with Gasteiger partial charge in [-0.1, -0.05) is 249 Å². The van der Waals surface area contributed by atoms with E-state index in [1.165, 1.54) is 173 Å². The molecule has 19 nitrogen and oxygen atoms in total. The molecule has 3 aliphatic rings. The van der Waals surface area contributed by atoms with Gasteiger partial charge >= 0.3 is 0 Å². The maximum absolute atomic E-state index is 13.4. The fourth-order valence-corrected chi connectivity index (χ4v) is 12.1. The van der Waals surface area contributed by atoms with E-state index in [0.29, 0.717) is 6.42 Å². The number of hydrogen-bond donors (Lipinski definition) is 12. The highest BCUT2D eigenvalue weighted by atomic mass is 16.8. The summed E-state index contributed by atoms with van der Waals surface area (Å²) in [6.07, 6.45) is 34.2. The Balaban J connectivity index is 1.41. The molecule has 17 atom stereocenters. The van der Waals surface area contributed by atoms with Gasteiger partial charge in [0.25, 0.3) is 0 Å². The van der Waals surface area contributed by atoms with E-state index in [0.717, 1.165) is 70.6 Å². The van der Waals surface area contributed by atoms with Crippen LogP contribution in [0.3, 0.4) is 0 Å². The van der Waals surface area contributed by atoms with E-state index in [1.807, 2.05) is 6.08 Å². The summed E-state index contributed by atoms with van der Waals surface area (Å²) in [6.45, 7) is 1.71. The molecule has 3 rings (SSSR count). The average Bonchev–Trinajstić information content (AvgIpc) is 1.97. The molecule has 1 amide bonds. The first-order valence-corrected chi connectivity index (χ1v) is 35.7. The van der Waals surface area contributed by atoms with Crippen molar-refractivity contribution in [3.63, 3.8) is 0 Å². The third kappa shape index (κ3) is 34.3. The molecule has 522 valence electrons. The fourth-order valence-electron chi connectivity index (χ4n) is 12.1. The largest absolute Gasteiger partial charge is 0.394 e. The van der Waals surface area contributed by atoms with Crippen LogP contribution < -0.4 is 5.32 Å². The molecule has 3 heterocycles. The van der Waals surface area contributed by atoms with Crippen molar-refractivity contribution in [1.29, 1.82) is 0 Å². The highest BCUT2D eigenvalue weighted by Gasteiger charge is 2.53. The van der Waals surface area contributed by atoms with Gasteiger partial charge in [-0.2, -0.15) is 0 Å². The molecule has 3 fully saturated rings. The Morgan fingerprint density at radius 3 is 1.17 bits per heavy atom. The van der Waals surface area contributed by atoms with Gasteiger partial charge in [0.15, 0.2) is 18.9 Å². The fraction of sp³-hybridized carbons (Fsp3) is 0.900. The first-order chi connectivity index (χ1) is 43.3. The summed E-state index contributed by atoms with van der Waals surface area (Å²) in [6, 6.07) is -0.981. The van der Waals surface area contributed by atoms with Crippen LogP contribution in [0, 0.1) is 0 Å². The number of rotatable bonds is 55. The highest BCUT2D eigenvalue weighted by molar-refractivity contribution is 5.76. The van der Waals surface area contributed by atoms with Crippen LogP contribution in [0.4, 0.5) is 0 Å². The van der Waals surface area contributed by atoms with Crippen LogP contribution in [0.5, 0.6) is 0 Å². The Hall–Kier alpha value is -1.99. The second-order valence-electron chi connectivity index (χ2n) is 25.7. The zero-order valence-corrected chi connectivity index (χ0v) is 55.2. The zero-order chi connectivity index (χ0) is 64.7. The van der Waals surface area contributed by atoms with Crippen LogP contribution in [0.1, 0.15) is 271 Å². The topological polar surface area (TPSA) is 307 Å². The Morgan fingerprint density at radius 1 is 0.404 bits per heavy atom. The SMILES string of the molecule is CCCCC/C=C\C/C=C\CCCCCCCC(=O)NC(COC1OC(CO)C(OC2OC(CO)C(OC3OC(CO)C(O)C(O)C3O)C(O)C2O)C(O)C1O)C(O)/C=C/CCCCCCCCCCCCCCCCCCCCCCCCCCCCC. The van der Waals surface area contributed by atoms with Crippen LogP contribution in [-0.4, -0.2) is 193 Å². The van der Waals surface area contributed by atoms with E-state index in [9.17, 15) is 61.0 Å². The summed E-state index contributed by atoms with van der Waals surface area (Å²) in [4.78, 5) is 13.4. The lowest BCUT2D eigenvalue weighted by molar-refractivity contribution is -0.379. The summed E-state index contributed by atoms with van der Waals surface area (Å²) < 4.78 is 34.3. The van der Waals surface area contributed by atoms with E-state index in [1.54, 1.807) is 6.08 Å². The standard InChI is InChI=1S/C70H129NO18/c1-3-5-7-9-11-13-15-17-19-20-21-22-23-24-25-26-27-28-29-30-31-32-34-35-37-39-41-43-45-47-54(75)53(71-58(76)48-46-44-42-40-38-36-33-18-16-14-12-10-8-6-4-2)52-84-68-64(82)61(79)66(56(50-73)86-68)89-70-65(83)62(80)67(57(51-74)87-70)88-69-63(81)60(78)59(77)55(49-72)85-69/h12,14,18,33,45,47,53-57,59-70,72-75,77-83H,3-11,13,15-17,19-32,34-44,46,48-52H2,1-2H3,(H,71,76)/b14-12-,33-18-,47-45+. The van der Waals surface area contributed by atoms with Crippen LogP contribution in [0.25, 0.3) is 0 Å². The molecule has 19 heteroatoms. The Kier molecular flexibility index (Phi) is 47.7. The summed E-state index contributed by atoms with van der Waals surface area (Å²) in [5.41, 5.74) is 0. The lowest BCUT2D eigenvalue weighted by Gasteiger charge is -2.48. The minimum atomic E-state index is -1.98. The van der Waals surface area contributed by atoms with Crippen LogP contribution in [0.2, 0.25) is 0 Å². The lowest BCUT2D eigenvalue weighted by Crippen LogP contribution is -2.66. The summed E-state index contributed by atoms with van der Waals surface area (Å²) in [7, 11) is 0. The maximum atomic E-state index is 13.4. The molecular formula is C70H129NO18. The number of amides is 1. The highest BCUT2D eigenvalue weighted by Crippen LogP contribution is 2.33. The minimum Gasteiger partial charge on any atom is -0.394 e. The molecule has 0 aromatic heterocycles. The predicted octanol–water partition coefficient (Wildman–Crippen LogP) is 9.61. The second-order valence-corrected chi connectivity index (χ2v) is 25.7. The van der Waals surface area contributed by atoms with E-state index in [4.69, 9.17) is 28.4 Å². The first-order valence-electron chi connectivity index (χ1n) is 35.7. The van der Waals surface area contributed by atoms with Gasteiger partial charge in [0.05, 0.1) is 38.6 Å². The molecule has 0 radical (unpaired) electrons. The van der Waals surface area contributed by atoms with E-state index >= 15 is 0 Å². The number of aliphatic hydroxyl groups excluding tert-OH is 11. The van der Waals surface area contributed by atoms with E-state index in [2.05, 4.69) is 43.5 Å². The molecule has 0 bridgehead atoms. The Morgan fingerprint density at radius 2 is 0.742 bits per heavy atom. The predicted molar refractivity (Wildman–Crippen MR) is 346 cm³/mol. The van der Waals surface area contributed by atoms with Gasteiger partial charge in [-0.05, 0) is 51.4 Å².